The van der Waals surface area contributed by atoms with Gasteiger partial charge in [0.15, 0.2) is 0 Å². The molecule has 0 aliphatic heterocycles. The van der Waals surface area contributed by atoms with E-state index < -0.39 is 21.7 Å². The molecule has 3 aromatic rings. The largest absolute Gasteiger partial charge is 0.487 e. The molecule has 0 atom stereocenters. The van der Waals surface area contributed by atoms with Gasteiger partial charge >= 0.3 is 0 Å². The summed E-state index contributed by atoms with van der Waals surface area (Å²) < 4.78 is 59.3. The van der Waals surface area contributed by atoms with E-state index in [9.17, 15) is 22.0 Å². The Kier molecular flexibility index (Phi) is 7.47. The monoisotopic (exact) mass is 526 g/mol. The first-order chi connectivity index (χ1) is 15.0. The van der Waals surface area contributed by atoms with Crippen molar-refractivity contribution in [3.8, 4) is 5.75 Å². The highest BCUT2D eigenvalue weighted by Gasteiger charge is 2.14. The van der Waals surface area contributed by atoms with E-state index in [1.807, 2.05) is 12.1 Å². The number of hydrogen-bond acceptors (Lipinski definition) is 4. The number of benzene rings is 2. The zero-order valence-corrected chi connectivity index (χ0v) is 19.8. The van der Waals surface area contributed by atoms with Crippen LogP contribution in [0.3, 0.4) is 0 Å². The van der Waals surface area contributed by atoms with Crippen LogP contribution in [0, 0.1) is 18.6 Å². The van der Waals surface area contributed by atoms with Gasteiger partial charge in [-0.3, -0.25) is 4.79 Å². The number of pyridine rings is 1. The van der Waals surface area contributed by atoms with Crippen LogP contribution in [0.4, 0.5) is 8.78 Å². The summed E-state index contributed by atoms with van der Waals surface area (Å²) in [4.78, 5) is 12.9. The molecule has 3 rings (SSSR count). The predicted molar refractivity (Wildman–Crippen MR) is 121 cm³/mol. The van der Waals surface area contributed by atoms with Gasteiger partial charge in [0.2, 0.25) is 10.0 Å². The van der Waals surface area contributed by atoms with Crippen molar-refractivity contribution in [1.82, 2.24) is 9.29 Å². The molecule has 0 saturated carbocycles. The van der Waals surface area contributed by atoms with Crippen LogP contribution >= 0.6 is 15.9 Å². The lowest BCUT2D eigenvalue weighted by Gasteiger charge is -2.15. The molecule has 0 aliphatic rings. The molecule has 0 bridgehead atoms. The van der Waals surface area contributed by atoms with Crippen LogP contribution in [0.1, 0.15) is 22.4 Å². The Morgan fingerprint density at radius 2 is 1.81 bits per heavy atom. The molecule has 0 aliphatic carbocycles. The maximum Gasteiger partial charge on any atom is 0.269 e. The summed E-state index contributed by atoms with van der Waals surface area (Å²) in [6.45, 7) is 2.00. The second-order valence-electron chi connectivity index (χ2n) is 7.29. The zero-order chi connectivity index (χ0) is 23.5. The number of ether oxygens (including phenoxy) is 1. The van der Waals surface area contributed by atoms with Gasteiger partial charge in [-0.2, -0.15) is 0 Å². The van der Waals surface area contributed by atoms with Crippen molar-refractivity contribution in [3.05, 3.63) is 97.4 Å². The quantitative estimate of drug-likeness (QED) is 0.483. The Hall–Kier alpha value is -2.56. The summed E-state index contributed by atoms with van der Waals surface area (Å²) in [5, 5.41) is 0. The summed E-state index contributed by atoms with van der Waals surface area (Å²) in [6.07, 6.45) is 1.09. The van der Waals surface area contributed by atoms with Crippen molar-refractivity contribution in [1.29, 1.82) is 0 Å². The lowest BCUT2D eigenvalue weighted by atomic mass is 10.1. The molecule has 0 amide bonds. The molecule has 170 valence electrons. The third kappa shape index (κ3) is 6.24. The minimum Gasteiger partial charge on any atom is -0.487 e. The van der Waals surface area contributed by atoms with Crippen LogP contribution in [0.5, 0.6) is 5.75 Å². The molecule has 0 spiro atoms. The predicted octanol–water partition coefficient (Wildman–Crippen LogP) is 3.87. The highest BCUT2D eigenvalue weighted by Crippen LogP contribution is 2.24. The number of rotatable bonds is 8. The lowest BCUT2D eigenvalue weighted by Crippen LogP contribution is -2.24. The SMILES string of the molecule is Cc1cc(OCc2ccc(F)cc2F)c(Br)c(=O)n1Cc1cccc(CNS(C)(=O)=O)c1. The van der Waals surface area contributed by atoms with Crippen LogP contribution in [0.15, 0.2) is 57.8 Å². The van der Waals surface area contributed by atoms with Crippen LogP contribution in [-0.2, 0) is 29.7 Å². The second kappa shape index (κ2) is 9.93. The first-order valence-electron chi connectivity index (χ1n) is 9.52. The van der Waals surface area contributed by atoms with Crippen molar-refractivity contribution in [2.75, 3.05) is 6.26 Å². The minimum atomic E-state index is -3.32. The topological polar surface area (TPSA) is 77.4 Å². The van der Waals surface area contributed by atoms with E-state index in [0.717, 1.165) is 29.5 Å². The van der Waals surface area contributed by atoms with Gasteiger partial charge < -0.3 is 9.30 Å². The average molecular weight is 527 g/mol. The molecule has 0 saturated heterocycles. The first-order valence-corrected chi connectivity index (χ1v) is 12.2. The summed E-state index contributed by atoms with van der Waals surface area (Å²) in [7, 11) is -3.32. The van der Waals surface area contributed by atoms with E-state index >= 15 is 0 Å². The fourth-order valence-electron chi connectivity index (χ4n) is 3.05. The molecule has 6 nitrogen and oxygen atoms in total. The molecular weight excluding hydrogens is 506 g/mol. The number of sulfonamides is 1. The normalized spacial score (nSPS) is 11.5. The molecule has 1 N–H and O–H groups in total. The van der Waals surface area contributed by atoms with E-state index in [2.05, 4.69) is 20.7 Å². The number of aromatic nitrogens is 1. The zero-order valence-electron chi connectivity index (χ0n) is 17.4. The van der Waals surface area contributed by atoms with Gasteiger partial charge in [0.1, 0.15) is 28.5 Å². The molecule has 0 unspecified atom stereocenters. The van der Waals surface area contributed by atoms with Crippen LogP contribution in [-0.4, -0.2) is 19.2 Å². The number of aryl methyl sites for hydroxylation is 1. The molecule has 10 heteroatoms. The van der Waals surface area contributed by atoms with Crippen molar-refractivity contribution in [2.45, 2.75) is 26.6 Å². The van der Waals surface area contributed by atoms with Gasteiger partial charge in [0, 0.05) is 29.9 Å². The molecule has 0 radical (unpaired) electrons. The smallest absolute Gasteiger partial charge is 0.269 e. The Balaban J connectivity index is 1.79. The van der Waals surface area contributed by atoms with Gasteiger partial charge in [-0.25, -0.2) is 21.9 Å². The molecule has 2 aromatic carbocycles. The van der Waals surface area contributed by atoms with Crippen LogP contribution in [0.2, 0.25) is 0 Å². The number of nitrogens with one attached hydrogen (secondary N) is 1. The van der Waals surface area contributed by atoms with Crippen molar-refractivity contribution >= 4 is 26.0 Å². The Bertz CT molecular complexity index is 1310. The molecule has 1 aromatic heterocycles. The van der Waals surface area contributed by atoms with Gasteiger partial charge in [0.25, 0.3) is 5.56 Å². The molecule has 1 heterocycles. The summed E-state index contributed by atoms with van der Waals surface area (Å²) in [5.41, 5.74) is 2.03. The number of halogens is 3. The Labute approximate surface area is 193 Å². The van der Waals surface area contributed by atoms with Crippen molar-refractivity contribution < 1.29 is 21.9 Å². The third-order valence-electron chi connectivity index (χ3n) is 4.68. The standard InChI is InChI=1S/C22H21BrF2N2O4S/c1-14-8-20(31-13-17-6-7-18(24)10-19(17)25)21(23)22(28)27(14)12-16-5-3-4-15(9-16)11-26-32(2,29)30/h3-10,26H,11-13H2,1-2H3. The Morgan fingerprint density at radius 1 is 1.09 bits per heavy atom. The van der Waals surface area contributed by atoms with E-state index in [1.54, 1.807) is 29.7 Å². The first kappa shape index (κ1) is 24.1. The second-order valence-corrected chi connectivity index (χ2v) is 9.92. The van der Waals surface area contributed by atoms with Crippen LogP contribution < -0.4 is 15.0 Å². The van der Waals surface area contributed by atoms with Gasteiger partial charge in [0.05, 0.1) is 12.8 Å². The van der Waals surface area contributed by atoms with Crippen LogP contribution in [0.25, 0.3) is 0 Å². The maximum absolute atomic E-state index is 13.8. The van der Waals surface area contributed by atoms with Crippen molar-refractivity contribution in [3.63, 3.8) is 0 Å². The third-order valence-corrected chi connectivity index (χ3v) is 6.08. The van der Waals surface area contributed by atoms with E-state index in [4.69, 9.17) is 4.74 Å². The fraction of sp³-hybridized carbons (Fsp3) is 0.227. The van der Waals surface area contributed by atoms with E-state index in [0.29, 0.717) is 5.69 Å². The van der Waals surface area contributed by atoms with E-state index in [-0.39, 0.29) is 41.0 Å². The summed E-state index contributed by atoms with van der Waals surface area (Å²) in [6, 6.07) is 12.1. The minimum absolute atomic E-state index is 0.150. The molecule has 0 fully saturated rings. The summed E-state index contributed by atoms with van der Waals surface area (Å²) in [5.74, 6) is -1.16. The molecule has 32 heavy (non-hydrogen) atoms. The number of nitrogens with zero attached hydrogens (tertiary/aromatic N) is 1. The lowest BCUT2D eigenvalue weighted by molar-refractivity contribution is 0.296. The highest BCUT2D eigenvalue weighted by molar-refractivity contribution is 9.10. The Morgan fingerprint density at radius 3 is 2.50 bits per heavy atom. The van der Waals surface area contributed by atoms with Crippen molar-refractivity contribution in [2.24, 2.45) is 0 Å². The maximum atomic E-state index is 13.8. The van der Waals surface area contributed by atoms with Gasteiger partial charge in [-0.15, -0.1) is 0 Å². The average Bonchev–Trinajstić information content (AvgIpc) is 2.72. The van der Waals surface area contributed by atoms with E-state index in [1.165, 1.54) is 6.07 Å². The fourth-order valence-corrected chi connectivity index (χ4v) is 3.92. The highest BCUT2D eigenvalue weighted by atomic mass is 79.9. The number of hydrogen-bond donors (Lipinski definition) is 1. The van der Waals surface area contributed by atoms with Gasteiger partial charge in [-0.1, -0.05) is 24.3 Å². The van der Waals surface area contributed by atoms with Gasteiger partial charge in [-0.05, 0) is 46.1 Å². The summed E-state index contributed by atoms with van der Waals surface area (Å²) >= 11 is 3.25. The molecular formula is C22H21BrF2N2O4S.